The minimum absolute atomic E-state index is 0.0554. The average Bonchev–Trinajstić information content (AvgIpc) is 2.36. The fourth-order valence-electron chi connectivity index (χ4n) is 2.13. The van der Waals surface area contributed by atoms with Crippen LogP contribution in [0.1, 0.15) is 33.1 Å². The number of rotatable bonds is 6. The molecule has 0 bridgehead atoms. The van der Waals surface area contributed by atoms with Gasteiger partial charge in [-0.3, -0.25) is 4.79 Å². The van der Waals surface area contributed by atoms with E-state index in [1.54, 1.807) is 0 Å². The zero-order chi connectivity index (χ0) is 14.3. The summed E-state index contributed by atoms with van der Waals surface area (Å²) in [6.07, 6.45) is 2.14. The number of carboxylic acids is 1. The van der Waals surface area contributed by atoms with Gasteiger partial charge in [-0.25, -0.2) is 4.79 Å². The lowest BCUT2D eigenvalue weighted by Crippen LogP contribution is -2.41. The molecule has 0 aliphatic carbocycles. The molecule has 1 aliphatic rings. The van der Waals surface area contributed by atoms with Crippen molar-refractivity contribution in [2.24, 2.45) is 11.8 Å². The molecule has 2 unspecified atom stereocenters. The van der Waals surface area contributed by atoms with Gasteiger partial charge in [0.25, 0.3) is 0 Å². The van der Waals surface area contributed by atoms with Crippen molar-refractivity contribution < 1.29 is 19.4 Å². The summed E-state index contributed by atoms with van der Waals surface area (Å²) in [5, 5.41) is 13.8. The highest BCUT2D eigenvalue weighted by atomic mass is 16.5. The van der Waals surface area contributed by atoms with Crippen molar-refractivity contribution in [3.05, 3.63) is 0 Å². The van der Waals surface area contributed by atoms with Crippen LogP contribution in [-0.2, 0) is 9.53 Å². The van der Waals surface area contributed by atoms with Gasteiger partial charge >= 0.3 is 12.0 Å². The van der Waals surface area contributed by atoms with E-state index in [0.29, 0.717) is 18.4 Å². The van der Waals surface area contributed by atoms with E-state index in [-0.39, 0.29) is 25.1 Å². The van der Waals surface area contributed by atoms with Crippen molar-refractivity contribution >= 4 is 12.0 Å². The maximum absolute atomic E-state index is 11.4. The number of hydrogen-bond donors (Lipinski definition) is 3. The lowest BCUT2D eigenvalue weighted by Gasteiger charge is -2.32. The number of carbonyl (C=O) groups is 2. The number of amides is 2. The molecule has 2 atom stereocenters. The van der Waals surface area contributed by atoms with Gasteiger partial charge in [-0.05, 0) is 24.7 Å². The second-order valence-electron chi connectivity index (χ2n) is 5.32. The van der Waals surface area contributed by atoms with Gasteiger partial charge in [0.2, 0.25) is 0 Å². The molecule has 2 amide bonds. The van der Waals surface area contributed by atoms with Crippen LogP contribution in [0.4, 0.5) is 4.79 Å². The zero-order valence-electron chi connectivity index (χ0n) is 11.6. The Bertz CT molecular complexity index is 307. The van der Waals surface area contributed by atoms with Crippen LogP contribution in [0.15, 0.2) is 0 Å². The molecule has 6 heteroatoms. The van der Waals surface area contributed by atoms with Gasteiger partial charge in [-0.1, -0.05) is 13.8 Å². The third kappa shape index (κ3) is 6.42. The van der Waals surface area contributed by atoms with Gasteiger partial charge in [-0.2, -0.15) is 0 Å². The Balaban J connectivity index is 2.17. The summed E-state index contributed by atoms with van der Waals surface area (Å²) in [5.41, 5.74) is 0. The normalized spacial score (nSPS) is 23.1. The minimum Gasteiger partial charge on any atom is -0.481 e. The molecule has 1 saturated heterocycles. The Labute approximate surface area is 113 Å². The van der Waals surface area contributed by atoms with Crippen molar-refractivity contribution in [3.8, 4) is 0 Å². The van der Waals surface area contributed by atoms with Gasteiger partial charge in [0.15, 0.2) is 0 Å². The number of carbonyl (C=O) groups excluding carboxylic acids is 1. The van der Waals surface area contributed by atoms with E-state index in [9.17, 15) is 9.59 Å². The fourth-order valence-corrected chi connectivity index (χ4v) is 2.13. The average molecular weight is 272 g/mol. The highest BCUT2D eigenvalue weighted by Gasteiger charge is 2.24. The van der Waals surface area contributed by atoms with Gasteiger partial charge in [0.1, 0.15) is 0 Å². The van der Waals surface area contributed by atoms with Crippen LogP contribution >= 0.6 is 0 Å². The molecule has 110 valence electrons. The summed E-state index contributed by atoms with van der Waals surface area (Å²) >= 11 is 0. The summed E-state index contributed by atoms with van der Waals surface area (Å²) in [6, 6.07) is -0.297. The van der Waals surface area contributed by atoms with Crippen molar-refractivity contribution in [1.29, 1.82) is 0 Å². The van der Waals surface area contributed by atoms with E-state index in [1.807, 2.05) is 0 Å². The molecule has 1 rings (SSSR count). The summed E-state index contributed by atoms with van der Waals surface area (Å²) in [4.78, 5) is 21.7. The van der Waals surface area contributed by atoms with Crippen molar-refractivity contribution in [2.75, 3.05) is 19.7 Å². The molecule has 0 spiro atoms. The van der Waals surface area contributed by atoms with E-state index >= 15 is 0 Å². The fraction of sp³-hybridized carbons (Fsp3) is 0.846. The molecular formula is C13H24N2O4. The number of nitrogens with one attached hydrogen (secondary N) is 2. The van der Waals surface area contributed by atoms with Gasteiger partial charge in [0.05, 0.1) is 12.5 Å². The zero-order valence-corrected chi connectivity index (χ0v) is 11.6. The SMILES string of the molecule is CC(C)C1CC(CNC(=O)NCCC(=O)O)CCO1. The Morgan fingerprint density at radius 1 is 1.37 bits per heavy atom. The molecule has 0 aromatic carbocycles. The van der Waals surface area contributed by atoms with Gasteiger partial charge < -0.3 is 20.5 Å². The predicted molar refractivity (Wildman–Crippen MR) is 71.0 cm³/mol. The Hall–Kier alpha value is -1.30. The van der Waals surface area contributed by atoms with E-state index in [4.69, 9.17) is 9.84 Å². The van der Waals surface area contributed by atoms with Crippen LogP contribution in [0.3, 0.4) is 0 Å². The third-order valence-corrected chi connectivity index (χ3v) is 3.34. The van der Waals surface area contributed by atoms with E-state index < -0.39 is 5.97 Å². The number of carboxylic acid groups (broad SMARTS) is 1. The monoisotopic (exact) mass is 272 g/mol. The van der Waals surface area contributed by atoms with Crippen LogP contribution < -0.4 is 10.6 Å². The molecular weight excluding hydrogens is 248 g/mol. The molecule has 19 heavy (non-hydrogen) atoms. The van der Waals surface area contributed by atoms with Crippen LogP contribution in [-0.4, -0.2) is 42.9 Å². The summed E-state index contributed by atoms with van der Waals surface area (Å²) in [5.74, 6) is 0.0167. The standard InChI is InChI=1S/C13H24N2O4/c1-9(2)11-7-10(4-6-19-11)8-15-13(18)14-5-3-12(16)17/h9-11H,3-8H2,1-2H3,(H,16,17)(H2,14,15,18). The smallest absolute Gasteiger partial charge is 0.314 e. The topological polar surface area (TPSA) is 87.7 Å². The first-order chi connectivity index (χ1) is 8.99. The van der Waals surface area contributed by atoms with Gasteiger partial charge in [-0.15, -0.1) is 0 Å². The molecule has 1 heterocycles. The second kappa shape index (κ2) is 7.99. The first-order valence-electron chi connectivity index (χ1n) is 6.84. The lowest BCUT2D eigenvalue weighted by atomic mass is 9.90. The van der Waals surface area contributed by atoms with Crippen LogP contribution in [0, 0.1) is 11.8 Å². The summed E-state index contributed by atoms with van der Waals surface area (Å²) in [6.45, 7) is 5.79. The molecule has 3 N–H and O–H groups in total. The number of hydrogen-bond acceptors (Lipinski definition) is 3. The predicted octanol–water partition coefficient (Wildman–Crippen LogP) is 1.21. The molecule has 6 nitrogen and oxygen atoms in total. The van der Waals surface area contributed by atoms with Crippen molar-refractivity contribution in [3.63, 3.8) is 0 Å². The molecule has 0 aromatic rings. The van der Waals surface area contributed by atoms with E-state index in [2.05, 4.69) is 24.5 Å². The second-order valence-corrected chi connectivity index (χ2v) is 5.32. The van der Waals surface area contributed by atoms with Crippen LogP contribution in [0.2, 0.25) is 0 Å². The number of ether oxygens (including phenoxy) is 1. The molecule has 0 saturated carbocycles. The highest BCUT2D eigenvalue weighted by molar-refractivity contribution is 5.74. The van der Waals surface area contributed by atoms with Gasteiger partial charge in [0, 0.05) is 19.7 Å². The largest absolute Gasteiger partial charge is 0.481 e. The summed E-state index contributed by atoms with van der Waals surface area (Å²) < 4.78 is 5.67. The van der Waals surface area contributed by atoms with Crippen molar-refractivity contribution in [1.82, 2.24) is 10.6 Å². The third-order valence-electron chi connectivity index (χ3n) is 3.34. The van der Waals surface area contributed by atoms with E-state index in [0.717, 1.165) is 19.4 Å². The number of aliphatic carboxylic acids is 1. The quantitative estimate of drug-likeness (QED) is 0.678. The first kappa shape index (κ1) is 15.8. The summed E-state index contributed by atoms with van der Waals surface area (Å²) in [7, 11) is 0. The van der Waals surface area contributed by atoms with Crippen LogP contribution in [0.5, 0.6) is 0 Å². The minimum atomic E-state index is -0.912. The maximum Gasteiger partial charge on any atom is 0.314 e. The molecule has 1 fully saturated rings. The Kier molecular flexibility index (Phi) is 6.62. The maximum atomic E-state index is 11.4. The lowest BCUT2D eigenvalue weighted by molar-refractivity contribution is -0.136. The number of urea groups is 1. The Morgan fingerprint density at radius 2 is 2.11 bits per heavy atom. The molecule has 0 radical (unpaired) electrons. The molecule has 1 aliphatic heterocycles. The highest BCUT2D eigenvalue weighted by Crippen LogP contribution is 2.24. The Morgan fingerprint density at radius 3 is 2.74 bits per heavy atom. The van der Waals surface area contributed by atoms with Crippen molar-refractivity contribution in [2.45, 2.75) is 39.2 Å². The van der Waals surface area contributed by atoms with E-state index in [1.165, 1.54) is 0 Å². The van der Waals surface area contributed by atoms with Crippen LogP contribution in [0.25, 0.3) is 0 Å². The first-order valence-corrected chi connectivity index (χ1v) is 6.84. The molecule has 0 aromatic heterocycles.